The van der Waals surface area contributed by atoms with Crippen LogP contribution in [-0.4, -0.2) is 25.5 Å². The zero-order chi connectivity index (χ0) is 21.7. The Labute approximate surface area is 173 Å². The highest BCUT2D eigenvalue weighted by Crippen LogP contribution is 2.30. The fourth-order valence-electron chi connectivity index (χ4n) is 3.07. The number of hydrogen-bond donors (Lipinski definition) is 2. The summed E-state index contributed by atoms with van der Waals surface area (Å²) in [4.78, 5) is 25.6. The Balaban J connectivity index is 2.02. The first-order valence-corrected chi connectivity index (χ1v) is 9.88. The summed E-state index contributed by atoms with van der Waals surface area (Å²) in [6.45, 7) is 9.98. The second kappa shape index (κ2) is 9.12. The fraction of sp³-hybridized carbons (Fsp3) is 0.417. The largest absolute Gasteiger partial charge is 0.496 e. The summed E-state index contributed by atoms with van der Waals surface area (Å²) < 4.78 is 5.34. The lowest BCUT2D eigenvalue weighted by Gasteiger charge is -2.26. The highest BCUT2D eigenvalue weighted by atomic mass is 16.5. The number of anilines is 1. The molecule has 0 atom stereocenters. The van der Waals surface area contributed by atoms with E-state index in [1.807, 2.05) is 48.5 Å². The SMILES string of the molecule is COc1ccccc1CCNC(=O)C(C)(C)C(=O)Nc1ccccc1C(C)(C)C. The number of carbonyl (C=O) groups excluding carboxylic acids is 2. The van der Waals surface area contributed by atoms with Crippen LogP contribution in [0.1, 0.15) is 45.7 Å². The molecule has 2 amide bonds. The van der Waals surface area contributed by atoms with Crippen LogP contribution in [0.4, 0.5) is 5.69 Å². The smallest absolute Gasteiger partial charge is 0.239 e. The van der Waals surface area contributed by atoms with Gasteiger partial charge in [0.05, 0.1) is 7.11 Å². The van der Waals surface area contributed by atoms with Gasteiger partial charge in [-0.3, -0.25) is 9.59 Å². The van der Waals surface area contributed by atoms with Gasteiger partial charge in [-0.1, -0.05) is 57.2 Å². The minimum absolute atomic E-state index is 0.120. The van der Waals surface area contributed by atoms with E-state index in [0.29, 0.717) is 13.0 Å². The molecule has 2 aromatic rings. The van der Waals surface area contributed by atoms with Crippen molar-refractivity contribution in [2.45, 2.75) is 46.5 Å². The van der Waals surface area contributed by atoms with Crippen molar-refractivity contribution in [3.8, 4) is 5.75 Å². The van der Waals surface area contributed by atoms with Crippen LogP contribution in [-0.2, 0) is 21.4 Å². The summed E-state index contributed by atoms with van der Waals surface area (Å²) >= 11 is 0. The van der Waals surface area contributed by atoms with Crippen molar-refractivity contribution in [1.82, 2.24) is 5.32 Å². The maximum Gasteiger partial charge on any atom is 0.239 e. The number of nitrogens with one attached hydrogen (secondary N) is 2. The van der Waals surface area contributed by atoms with Crippen LogP contribution in [0.25, 0.3) is 0 Å². The molecule has 2 aromatic carbocycles. The fourth-order valence-corrected chi connectivity index (χ4v) is 3.07. The average molecular weight is 397 g/mol. The molecule has 0 fully saturated rings. The van der Waals surface area contributed by atoms with Crippen LogP contribution in [0.5, 0.6) is 5.75 Å². The number of methoxy groups -OCH3 is 1. The molecular weight excluding hydrogens is 364 g/mol. The van der Waals surface area contributed by atoms with Gasteiger partial charge in [-0.15, -0.1) is 0 Å². The minimum atomic E-state index is -1.20. The van der Waals surface area contributed by atoms with Crippen LogP contribution < -0.4 is 15.4 Å². The van der Waals surface area contributed by atoms with Crippen LogP contribution in [0.15, 0.2) is 48.5 Å². The van der Waals surface area contributed by atoms with Crippen molar-refractivity contribution < 1.29 is 14.3 Å². The van der Waals surface area contributed by atoms with E-state index in [9.17, 15) is 9.59 Å². The zero-order valence-corrected chi connectivity index (χ0v) is 18.3. The number of carbonyl (C=O) groups is 2. The third-order valence-corrected chi connectivity index (χ3v) is 4.99. The third kappa shape index (κ3) is 5.59. The Kier molecular flexibility index (Phi) is 7.07. The monoisotopic (exact) mass is 396 g/mol. The normalized spacial score (nSPS) is 11.7. The van der Waals surface area contributed by atoms with Gasteiger partial charge in [0.2, 0.25) is 11.8 Å². The van der Waals surface area contributed by atoms with E-state index in [-0.39, 0.29) is 17.2 Å². The maximum absolute atomic E-state index is 12.9. The molecule has 0 heterocycles. The number of rotatable bonds is 7. The molecule has 2 N–H and O–H groups in total. The molecule has 0 spiro atoms. The van der Waals surface area contributed by atoms with Crippen molar-refractivity contribution in [3.63, 3.8) is 0 Å². The Morgan fingerprint density at radius 3 is 2.17 bits per heavy atom. The molecule has 0 aliphatic rings. The average Bonchev–Trinajstić information content (AvgIpc) is 2.67. The van der Waals surface area contributed by atoms with Crippen LogP contribution in [0.2, 0.25) is 0 Å². The van der Waals surface area contributed by atoms with Gasteiger partial charge in [0.1, 0.15) is 11.2 Å². The van der Waals surface area contributed by atoms with Crippen LogP contribution in [0, 0.1) is 5.41 Å². The third-order valence-electron chi connectivity index (χ3n) is 4.99. The summed E-state index contributed by atoms with van der Waals surface area (Å²) in [7, 11) is 1.63. The summed E-state index contributed by atoms with van der Waals surface area (Å²) in [5.41, 5.74) is 1.45. The van der Waals surface area contributed by atoms with Crippen molar-refractivity contribution in [2.75, 3.05) is 19.0 Å². The predicted octanol–water partition coefficient (Wildman–Crippen LogP) is 4.32. The number of hydrogen-bond acceptors (Lipinski definition) is 3. The maximum atomic E-state index is 12.9. The molecule has 0 aliphatic heterocycles. The lowest BCUT2D eigenvalue weighted by atomic mass is 9.85. The molecule has 0 aromatic heterocycles. The lowest BCUT2D eigenvalue weighted by Crippen LogP contribution is -2.45. The van der Waals surface area contributed by atoms with E-state index in [2.05, 4.69) is 31.4 Å². The number of benzene rings is 2. The van der Waals surface area contributed by atoms with Gasteiger partial charge in [-0.05, 0) is 48.9 Å². The molecule has 2 rings (SSSR count). The van der Waals surface area contributed by atoms with Crippen LogP contribution >= 0.6 is 0 Å². The molecule has 29 heavy (non-hydrogen) atoms. The quantitative estimate of drug-likeness (QED) is 0.685. The molecule has 0 aliphatic carbocycles. The molecule has 0 saturated carbocycles. The Bertz CT molecular complexity index is 866. The molecule has 0 unspecified atom stereocenters. The molecule has 5 heteroatoms. The summed E-state index contributed by atoms with van der Waals surface area (Å²) in [5.74, 6) is 0.152. The molecule has 156 valence electrons. The minimum Gasteiger partial charge on any atom is -0.496 e. The van der Waals surface area contributed by atoms with Crippen LogP contribution in [0.3, 0.4) is 0 Å². The standard InChI is InChI=1S/C24H32N2O3/c1-23(2,3)18-12-8-9-13-19(18)26-22(28)24(4,5)21(27)25-16-15-17-11-7-10-14-20(17)29-6/h7-14H,15-16H2,1-6H3,(H,25,27)(H,26,28). The molecule has 5 nitrogen and oxygen atoms in total. The first-order chi connectivity index (χ1) is 13.6. The van der Waals surface area contributed by atoms with E-state index < -0.39 is 5.41 Å². The van der Waals surface area contributed by atoms with Gasteiger partial charge in [0.15, 0.2) is 0 Å². The first-order valence-electron chi connectivity index (χ1n) is 9.88. The van der Waals surface area contributed by atoms with Crippen molar-refractivity contribution in [3.05, 3.63) is 59.7 Å². The number of para-hydroxylation sites is 2. The number of ether oxygens (including phenoxy) is 1. The predicted molar refractivity (Wildman–Crippen MR) is 117 cm³/mol. The van der Waals surface area contributed by atoms with Gasteiger partial charge in [0, 0.05) is 12.2 Å². The highest BCUT2D eigenvalue weighted by molar-refractivity contribution is 6.10. The van der Waals surface area contributed by atoms with Crippen molar-refractivity contribution in [1.29, 1.82) is 0 Å². The molecule has 0 bridgehead atoms. The Hall–Kier alpha value is -2.82. The van der Waals surface area contributed by atoms with E-state index in [1.165, 1.54) is 0 Å². The molecular formula is C24H32N2O3. The summed E-state index contributed by atoms with van der Waals surface area (Å²) in [6, 6.07) is 15.4. The number of amides is 2. The highest BCUT2D eigenvalue weighted by Gasteiger charge is 2.36. The lowest BCUT2D eigenvalue weighted by molar-refractivity contribution is -0.138. The molecule has 0 saturated heterocycles. The zero-order valence-electron chi connectivity index (χ0n) is 18.3. The summed E-state index contributed by atoms with van der Waals surface area (Å²) in [5, 5.41) is 5.82. The van der Waals surface area contributed by atoms with Gasteiger partial charge in [0.25, 0.3) is 0 Å². The summed E-state index contributed by atoms with van der Waals surface area (Å²) in [6.07, 6.45) is 0.625. The van der Waals surface area contributed by atoms with Crippen molar-refractivity contribution >= 4 is 17.5 Å². The Morgan fingerprint density at radius 1 is 0.897 bits per heavy atom. The van der Waals surface area contributed by atoms with E-state index >= 15 is 0 Å². The second-order valence-corrected chi connectivity index (χ2v) is 8.69. The Morgan fingerprint density at radius 2 is 1.52 bits per heavy atom. The topological polar surface area (TPSA) is 67.4 Å². The van der Waals surface area contributed by atoms with Gasteiger partial charge >= 0.3 is 0 Å². The van der Waals surface area contributed by atoms with Gasteiger partial charge < -0.3 is 15.4 Å². The molecule has 0 radical (unpaired) electrons. The van der Waals surface area contributed by atoms with Gasteiger partial charge in [-0.25, -0.2) is 0 Å². The van der Waals surface area contributed by atoms with Gasteiger partial charge in [-0.2, -0.15) is 0 Å². The first kappa shape index (κ1) is 22.5. The van der Waals surface area contributed by atoms with E-state index in [1.54, 1.807) is 21.0 Å². The van der Waals surface area contributed by atoms with Crippen molar-refractivity contribution in [2.24, 2.45) is 5.41 Å². The van der Waals surface area contributed by atoms with E-state index in [4.69, 9.17) is 4.74 Å². The second-order valence-electron chi connectivity index (χ2n) is 8.69. The van der Waals surface area contributed by atoms with E-state index in [0.717, 1.165) is 22.6 Å².